The van der Waals surface area contributed by atoms with Crippen LogP contribution >= 0.6 is 11.6 Å². The minimum atomic E-state index is -3.74. The number of imide groups is 1. The highest BCUT2D eigenvalue weighted by Gasteiger charge is 2.51. The number of piperidine rings is 1. The number of nitrogens with one attached hydrogen (secondary N) is 1. The van der Waals surface area contributed by atoms with Crippen molar-refractivity contribution in [3.8, 4) is 0 Å². The quantitative estimate of drug-likeness (QED) is 0.406. The van der Waals surface area contributed by atoms with Crippen molar-refractivity contribution >= 4 is 66.7 Å². The summed E-state index contributed by atoms with van der Waals surface area (Å²) in [4.78, 5) is 53.0. The van der Waals surface area contributed by atoms with Gasteiger partial charge in [0.05, 0.1) is 0 Å². The Balaban J connectivity index is 1.51. The number of carbonyl (C=O) groups is 4. The molecule has 4 rings (SSSR count). The van der Waals surface area contributed by atoms with Gasteiger partial charge in [-0.2, -0.15) is 8.78 Å². The highest BCUT2D eigenvalue weighted by Crippen LogP contribution is 2.41. The molecular formula is C22H22B4ClF2N3O4. The number of fused-ring (bicyclic) bond motifs is 1. The average molecular weight is 509 g/mol. The van der Waals surface area contributed by atoms with Crippen LogP contribution in [0.2, 0.25) is 16.1 Å². The lowest BCUT2D eigenvalue weighted by Gasteiger charge is -2.43. The molecule has 0 aliphatic carbocycles. The van der Waals surface area contributed by atoms with E-state index in [9.17, 15) is 28.0 Å². The molecule has 2 heterocycles. The highest BCUT2D eigenvalue weighted by atomic mass is 35.5. The van der Waals surface area contributed by atoms with Gasteiger partial charge < -0.3 is 9.71 Å². The van der Waals surface area contributed by atoms with Crippen LogP contribution in [0.5, 0.6) is 0 Å². The molecule has 1 N–H and O–H groups in total. The molecule has 2 atom stereocenters. The number of halogens is 3. The summed E-state index contributed by atoms with van der Waals surface area (Å²) >= 11 is 5.76. The Labute approximate surface area is 215 Å². The fourth-order valence-electron chi connectivity index (χ4n) is 4.67. The van der Waals surface area contributed by atoms with Crippen molar-refractivity contribution in [3.05, 3.63) is 69.7 Å². The Morgan fingerprint density at radius 3 is 2.44 bits per heavy atom. The lowest BCUT2D eigenvalue weighted by Crippen LogP contribution is -2.61. The van der Waals surface area contributed by atoms with Crippen LogP contribution in [0.1, 0.15) is 27.0 Å². The maximum Gasteiger partial charge on any atom is 0.348 e. The number of carbonyl (C=O) groups excluding carboxylic acids is 4. The summed E-state index contributed by atoms with van der Waals surface area (Å²) in [7, 11) is 6.50. The van der Waals surface area contributed by atoms with Gasteiger partial charge in [0.25, 0.3) is 11.8 Å². The van der Waals surface area contributed by atoms with Crippen molar-refractivity contribution < 1.29 is 28.0 Å². The number of hydrogen-bond acceptors (Lipinski definition) is 4. The van der Waals surface area contributed by atoms with Crippen LogP contribution in [0.15, 0.2) is 42.5 Å². The van der Waals surface area contributed by atoms with Crippen molar-refractivity contribution in [1.29, 1.82) is 0 Å². The number of rotatable bonds is 5. The molecule has 14 heteroatoms. The third kappa shape index (κ3) is 4.34. The van der Waals surface area contributed by atoms with Gasteiger partial charge in [0, 0.05) is 29.2 Å². The van der Waals surface area contributed by atoms with E-state index in [2.05, 4.69) is 5.32 Å². The van der Waals surface area contributed by atoms with Crippen LogP contribution < -0.4 is 5.32 Å². The summed E-state index contributed by atoms with van der Waals surface area (Å²) in [6, 6.07) is 8.84. The first-order valence-electron chi connectivity index (χ1n) is 11.4. The van der Waals surface area contributed by atoms with E-state index in [-0.39, 0.29) is 29.9 Å². The molecule has 0 spiro atoms. The van der Waals surface area contributed by atoms with E-state index < -0.39 is 40.4 Å². The first kappa shape index (κ1) is 26.0. The van der Waals surface area contributed by atoms with Crippen LogP contribution in [-0.4, -0.2) is 70.9 Å². The second-order valence-electron chi connectivity index (χ2n) is 9.94. The van der Waals surface area contributed by atoms with Gasteiger partial charge in [-0.05, 0) is 40.4 Å². The molecule has 36 heavy (non-hydrogen) atoms. The van der Waals surface area contributed by atoms with E-state index in [1.54, 1.807) is 41.7 Å². The number of alkyl halides is 2. The Hall–Kier alpha value is -3.07. The molecule has 0 radical (unpaired) electrons. The average Bonchev–Trinajstić information content (AvgIpc) is 3.13. The SMILES string of the molecule is BC1C(N2Cc3cc(CN(B)C(=O)C(F)(F)c4ccc(Cl)cc4)ccc3C2=O)C(=O)NC(=O)C1(B)B. The van der Waals surface area contributed by atoms with E-state index >= 15 is 0 Å². The molecule has 2 aromatic carbocycles. The van der Waals surface area contributed by atoms with Crippen molar-refractivity contribution in [2.45, 2.75) is 36.1 Å². The number of hydrogen-bond donors (Lipinski definition) is 1. The summed E-state index contributed by atoms with van der Waals surface area (Å²) in [5.74, 6) is -6.78. The van der Waals surface area contributed by atoms with E-state index in [4.69, 9.17) is 11.6 Å². The van der Waals surface area contributed by atoms with E-state index in [1.807, 2.05) is 0 Å². The maximum atomic E-state index is 14.8. The first-order valence-corrected chi connectivity index (χ1v) is 11.8. The number of amides is 4. The smallest absolute Gasteiger partial charge is 0.348 e. The zero-order valence-corrected chi connectivity index (χ0v) is 21.0. The molecule has 0 aromatic heterocycles. The Bertz CT molecular complexity index is 1280. The zero-order valence-electron chi connectivity index (χ0n) is 20.3. The topological polar surface area (TPSA) is 86.8 Å². The molecule has 4 amide bonds. The predicted molar refractivity (Wildman–Crippen MR) is 140 cm³/mol. The van der Waals surface area contributed by atoms with E-state index in [1.165, 1.54) is 25.0 Å². The minimum absolute atomic E-state index is 0.106. The number of nitrogens with zero attached hydrogens (tertiary/aromatic N) is 2. The third-order valence-electron chi connectivity index (χ3n) is 7.28. The lowest BCUT2D eigenvalue weighted by atomic mass is 9.40. The van der Waals surface area contributed by atoms with Gasteiger partial charge in [0.15, 0.2) is 0 Å². The number of benzene rings is 2. The molecule has 7 nitrogen and oxygen atoms in total. The van der Waals surface area contributed by atoms with Gasteiger partial charge in [0.1, 0.15) is 29.6 Å². The van der Waals surface area contributed by atoms with Crippen LogP contribution in [0, 0.1) is 0 Å². The van der Waals surface area contributed by atoms with Gasteiger partial charge in [-0.15, -0.1) is 0 Å². The lowest BCUT2D eigenvalue weighted by molar-refractivity contribution is -0.154. The molecule has 1 fully saturated rings. The maximum absolute atomic E-state index is 14.8. The standard InChI is InChI=1S/C22H22B4ClF2N3O4/c23-16-15(17(33)30-19(35)21(16,24)25)31-9-11-7-10(1-6-14(11)18(31)34)8-32(26)20(36)22(28,29)12-2-4-13(27)5-3-12/h1-7,15-16H,8-9,23-26H2,(H,30,33,35). The Morgan fingerprint density at radius 1 is 1.17 bits per heavy atom. The molecule has 2 aliphatic rings. The minimum Gasteiger partial charge on any atom is -0.384 e. The van der Waals surface area contributed by atoms with Gasteiger partial charge in [-0.1, -0.05) is 35.9 Å². The summed E-state index contributed by atoms with van der Waals surface area (Å²) in [5, 5.41) is 1.80. The normalized spacial score (nSPS) is 21.2. The summed E-state index contributed by atoms with van der Waals surface area (Å²) in [6.07, 6.45) is 0. The van der Waals surface area contributed by atoms with Crippen molar-refractivity contribution in [2.75, 3.05) is 0 Å². The summed E-state index contributed by atoms with van der Waals surface area (Å²) < 4.78 is 29.6. The molecule has 2 aliphatic heterocycles. The molecule has 0 bridgehead atoms. The first-order chi connectivity index (χ1) is 16.7. The van der Waals surface area contributed by atoms with Crippen molar-refractivity contribution in [2.24, 2.45) is 0 Å². The third-order valence-corrected chi connectivity index (χ3v) is 7.53. The monoisotopic (exact) mass is 509 g/mol. The van der Waals surface area contributed by atoms with Crippen LogP contribution in [0.3, 0.4) is 0 Å². The fraction of sp³-hybridized carbons (Fsp3) is 0.273. The van der Waals surface area contributed by atoms with E-state index in [0.717, 1.165) is 16.9 Å². The summed E-state index contributed by atoms with van der Waals surface area (Å²) in [5.41, 5.74) is 1.12. The van der Waals surface area contributed by atoms with Crippen molar-refractivity contribution in [3.63, 3.8) is 0 Å². The second kappa shape index (κ2) is 9.10. The predicted octanol–water partition coefficient (Wildman–Crippen LogP) is -1.21. The van der Waals surface area contributed by atoms with Crippen molar-refractivity contribution in [1.82, 2.24) is 15.0 Å². The molecule has 182 valence electrons. The zero-order chi connectivity index (χ0) is 26.6. The van der Waals surface area contributed by atoms with Gasteiger partial charge in [-0.3, -0.25) is 24.5 Å². The van der Waals surface area contributed by atoms with Gasteiger partial charge in [-0.25, -0.2) is 0 Å². The van der Waals surface area contributed by atoms with Crippen LogP contribution in [0.25, 0.3) is 0 Å². The molecule has 0 saturated carbocycles. The van der Waals surface area contributed by atoms with Gasteiger partial charge in [0.2, 0.25) is 19.8 Å². The largest absolute Gasteiger partial charge is 0.384 e. The van der Waals surface area contributed by atoms with Gasteiger partial charge >= 0.3 is 5.92 Å². The van der Waals surface area contributed by atoms with Crippen LogP contribution in [0.4, 0.5) is 8.78 Å². The molecule has 2 aromatic rings. The Kier molecular flexibility index (Phi) is 6.58. The summed E-state index contributed by atoms with van der Waals surface area (Å²) in [6.45, 7) is 0.0264. The van der Waals surface area contributed by atoms with Crippen LogP contribution in [-0.2, 0) is 33.4 Å². The Morgan fingerprint density at radius 2 is 1.81 bits per heavy atom. The molecule has 1 saturated heterocycles. The van der Waals surface area contributed by atoms with E-state index in [0.29, 0.717) is 16.7 Å². The molecular weight excluding hydrogens is 487 g/mol. The highest BCUT2D eigenvalue weighted by molar-refractivity contribution is 6.56. The fourth-order valence-corrected chi connectivity index (χ4v) is 4.80. The second-order valence-corrected chi connectivity index (χ2v) is 10.4. The molecule has 2 unspecified atom stereocenters.